The number of nitrogens with zero attached hydrogens (tertiary/aromatic N) is 3. The van der Waals surface area contributed by atoms with E-state index in [1.54, 1.807) is 29.7 Å². The zero-order valence-electron chi connectivity index (χ0n) is 20.5. The molecule has 0 unspecified atom stereocenters. The van der Waals surface area contributed by atoms with Gasteiger partial charge in [0.15, 0.2) is 11.6 Å². The molecule has 1 aliphatic heterocycles. The summed E-state index contributed by atoms with van der Waals surface area (Å²) in [5.41, 5.74) is 4.02. The summed E-state index contributed by atoms with van der Waals surface area (Å²) in [4.78, 5) is 21.8. The van der Waals surface area contributed by atoms with Crippen LogP contribution in [0.3, 0.4) is 0 Å². The molecule has 0 saturated carbocycles. The van der Waals surface area contributed by atoms with E-state index in [0.717, 1.165) is 58.9 Å². The molecule has 0 atom stereocenters. The lowest BCUT2D eigenvalue weighted by molar-refractivity contribution is 0.135. The highest BCUT2D eigenvalue weighted by Gasteiger charge is 2.20. The van der Waals surface area contributed by atoms with Crippen molar-refractivity contribution in [1.29, 1.82) is 0 Å². The van der Waals surface area contributed by atoms with Crippen LogP contribution in [-0.4, -0.2) is 53.5 Å². The van der Waals surface area contributed by atoms with Gasteiger partial charge in [0, 0.05) is 56.4 Å². The second-order valence-electron chi connectivity index (χ2n) is 8.97. The van der Waals surface area contributed by atoms with Gasteiger partial charge in [-0.15, -0.1) is 11.3 Å². The standard InChI is InChI=1S/C28H29FN4O2S/c1-3-30-28(34)33-14-12-32(13-15-33)18-20-5-7-21(8-6-20)26-17-23-27(36-26)25(10-11-31-23)35-24-9-4-19(2)16-22(24)29/h4-11,16-17H,3,12-15,18H2,1-2H3,(H,30,34). The largest absolute Gasteiger partial charge is 0.453 e. The van der Waals surface area contributed by atoms with Gasteiger partial charge in [0.1, 0.15) is 5.75 Å². The molecule has 5 rings (SSSR count). The third-order valence-electron chi connectivity index (χ3n) is 6.32. The van der Waals surface area contributed by atoms with E-state index in [0.29, 0.717) is 12.3 Å². The fourth-order valence-corrected chi connectivity index (χ4v) is 5.42. The molecular formula is C28H29FN4O2S. The zero-order valence-corrected chi connectivity index (χ0v) is 21.3. The van der Waals surface area contributed by atoms with Gasteiger partial charge in [-0.3, -0.25) is 9.88 Å². The van der Waals surface area contributed by atoms with Crippen molar-refractivity contribution in [3.8, 4) is 21.9 Å². The Balaban J connectivity index is 1.27. The quantitative estimate of drug-likeness (QED) is 0.347. The Morgan fingerprint density at radius 2 is 1.83 bits per heavy atom. The summed E-state index contributed by atoms with van der Waals surface area (Å²) >= 11 is 1.59. The number of urea groups is 1. The molecule has 0 radical (unpaired) electrons. The minimum absolute atomic E-state index is 0.0249. The minimum atomic E-state index is -0.377. The third kappa shape index (κ3) is 5.34. The first-order valence-corrected chi connectivity index (χ1v) is 13.0. The van der Waals surface area contributed by atoms with Crippen LogP contribution < -0.4 is 10.1 Å². The number of thiophene rings is 1. The first kappa shape index (κ1) is 24.2. The number of halogens is 1. The number of pyridine rings is 1. The number of amides is 2. The lowest BCUT2D eigenvalue weighted by Crippen LogP contribution is -2.51. The van der Waals surface area contributed by atoms with Gasteiger partial charge in [0.05, 0.1) is 10.2 Å². The molecule has 1 N–H and O–H groups in total. The molecule has 0 spiro atoms. The number of hydrogen-bond donors (Lipinski definition) is 1. The number of carbonyl (C=O) groups excluding carboxylic acids is 1. The van der Waals surface area contributed by atoms with Gasteiger partial charge in [-0.2, -0.15) is 0 Å². The second kappa shape index (κ2) is 10.6. The lowest BCUT2D eigenvalue weighted by Gasteiger charge is -2.34. The van der Waals surface area contributed by atoms with Gasteiger partial charge < -0.3 is 15.0 Å². The number of fused-ring (bicyclic) bond motifs is 1. The number of benzene rings is 2. The van der Waals surface area contributed by atoms with Gasteiger partial charge in [-0.1, -0.05) is 30.3 Å². The summed E-state index contributed by atoms with van der Waals surface area (Å²) < 4.78 is 21.2. The van der Waals surface area contributed by atoms with E-state index in [2.05, 4.69) is 39.5 Å². The van der Waals surface area contributed by atoms with Gasteiger partial charge >= 0.3 is 6.03 Å². The summed E-state index contributed by atoms with van der Waals surface area (Å²) in [7, 11) is 0. The van der Waals surface area contributed by atoms with Crippen LogP contribution in [0.15, 0.2) is 60.8 Å². The average molecular weight is 505 g/mol. The van der Waals surface area contributed by atoms with Crippen molar-refractivity contribution in [1.82, 2.24) is 20.1 Å². The van der Waals surface area contributed by atoms with E-state index in [-0.39, 0.29) is 17.6 Å². The Hall–Kier alpha value is -3.49. The molecule has 36 heavy (non-hydrogen) atoms. The highest BCUT2D eigenvalue weighted by Crippen LogP contribution is 2.39. The van der Waals surface area contributed by atoms with Crippen molar-refractivity contribution in [3.63, 3.8) is 0 Å². The Morgan fingerprint density at radius 1 is 1.06 bits per heavy atom. The van der Waals surface area contributed by atoms with Crippen LogP contribution in [0.1, 0.15) is 18.1 Å². The SMILES string of the molecule is CCNC(=O)N1CCN(Cc2ccc(-c3cc4nccc(Oc5ccc(C)cc5F)c4s3)cc2)CC1. The topological polar surface area (TPSA) is 57.7 Å². The molecule has 2 aromatic heterocycles. The van der Waals surface area contributed by atoms with E-state index in [1.807, 2.05) is 30.9 Å². The molecule has 2 amide bonds. The van der Waals surface area contributed by atoms with Crippen molar-refractivity contribution in [2.24, 2.45) is 0 Å². The summed E-state index contributed by atoms with van der Waals surface area (Å²) in [6, 6.07) is 17.4. The van der Waals surface area contributed by atoms with Crippen LogP contribution in [0, 0.1) is 12.7 Å². The Kier molecular flexibility index (Phi) is 7.16. The van der Waals surface area contributed by atoms with Gasteiger partial charge in [-0.05, 0) is 48.7 Å². The number of rotatable bonds is 6. The zero-order chi connectivity index (χ0) is 25.1. The van der Waals surface area contributed by atoms with Crippen LogP contribution in [-0.2, 0) is 6.54 Å². The van der Waals surface area contributed by atoms with Gasteiger partial charge in [0.2, 0.25) is 0 Å². The normalized spacial score (nSPS) is 14.2. The first-order valence-electron chi connectivity index (χ1n) is 12.2. The molecule has 1 saturated heterocycles. The van der Waals surface area contributed by atoms with Crippen LogP contribution in [0.2, 0.25) is 0 Å². The maximum atomic E-state index is 14.3. The Bertz CT molecular complexity index is 1360. The molecule has 4 aromatic rings. The number of hydrogen-bond acceptors (Lipinski definition) is 5. The molecule has 3 heterocycles. The first-order chi connectivity index (χ1) is 17.5. The van der Waals surface area contributed by atoms with Gasteiger partial charge in [0.25, 0.3) is 0 Å². The predicted octanol–water partition coefficient (Wildman–Crippen LogP) is 6.05. The Labute approximate surface area is 214 Å². The summed E-state index contributed by atoms with van der Waals surface area (Å²) in [5.74, 6) is 0.430. The highest BCUT2D eigenvalue weighted by molar-refractivity contribution is 7.22. The molecule has 8 heteroatoms. The van der Waals surface area contributed by atoms with Crippen molar-refractivity contribution in [3.05, 3.63) is 77.7 Å². The van der Waals surface area contributed by atoms with E-state index >= 15 is 0 Å². The van der Waals surface area contributed by atoms with E-state index in [9.17, 15) is 9.18 Å². The fraction of sp³-hybridized carbons (Fsp3) is 0.286. The van der Waals surface area contributed by atoms with Crippen LogP contribution in [0.25, 0.3) is 20.7 Å². The Morgan fingerprint density at radius 3 is 2.56 bits per heavy atom. The highest BCUT2D eigenvalue weighted by atomic mass is 32.1. The summed E-state index contributed by atoms with van der Waals surface area (Å²) in [6.07, 6.45) is 1.69. The van der Waals surface area contributed by atoms with E-state index < -0.39 is 0 Å². The minimum Gasteiger partial charge on any atom is -0.453 e. The number of nitrogens with one attached hydrogen (secondary N) is 1. The molecule has 6 nitrogen and oxygen atoms in total. The molecule has 1 fully saturated rings. The number of aryl methyl sites for hydroxylation is 1. The second-order valence-corrected chi connectivity index (χ2v) is 10.0. The maximum absolute atomic E-state index is 14.3. The molecule has 0 aliphatic carbocycles. The monoisotopic (exact) mass is 504 g/mol. The van der Waals surface area contributed by atoms with Gasteiger partial charge in [-0.25, -0.2) is 9.18 Å². The number of piperazine rings is 1. The predicted molar refractivity (Wildman–Crippen MR) is 142 cm³/mol. The van der Waals surface area contributed by atoms with Crippen molar-refractivity contribution < 1.29 is 13.9 Å². The maximum Gasteiger partial charge on any atom is 0.317 e. The summed E-state index contributed by atoms with van der Waals surface area (Å²) in [5, 5.41) is 2.87. The van der Waals surface area contributed by atoms with Crippen molar-refractivity contribution in [2.75, 3.05) is 32.7 Å². The summed E-state index contributed by atoms with van der Waals surface area (Å²) in [6.45, 7) is 8.52. The van der Waals surface area contributed by atoms with Crippen molar-refractivity contribution in [2.45, 2.75) is 20.4 Å². The molecule has 2 aromatic carbocycles. The number of ether oxygens (including phenoxy) is 1. The van der Waals surface area contributed by atoms with Crippen molar-refractivity contribution >= 4 is 27.6 Å². The van der Waals surface area contributed by atoms with Crippen LogP contribution >= 0.6 is 11.3 Å². The molecule has 186 valence electrons. The molecule has 0 bridgehead atoms. The molecular weight excluding hydrogens is 475 g/mol. The van der Waals surface area contributed by atoms with Crippen LogP contribution in [0.4, 0.5) is 9.18 Å². The number of aromatic nitrogens is 1. The third-order valence-corrected chi connectivity index (χ3v) is 7.50. The van der Waals surface area contributed by atoms with E-state index in [4.69, 9.17) is 4.74 Å². The molecule has 1 aliphatic rings. The average Bonchev–Trinajstić information content (AvgIpc) is 3.32. The smallest absolute Gasteiger partial charge is 0.317 e. The number of carbonyl (C=O) groups is 1. The lowest BCUT2D eigenvalue weighted by atomic mass is 10.1. The van der Waals surface area contributed by atoms with E-state index in [1.165, 1.54) is 11.6 Å². The van der Waals surface area contributed by atoms with Crippen LogP contribution in [0.5, 0.6) is 11.5 Å². The fourth-order valence-electron chi connectivity index (χ4n) is 4.35.